The molecule has 178 valence electrons. The van der Waals surface area contributed by atoms with Crippen molar-refractivity contribution in [2.75, 3.05) is 18.9 Å². The van der Waals surface area contributed by atoms with Gasteiger partial charge in [0.1, 0.15) is 5.75 Å². The fraction of sp³-hybridized carbons (Fsp3) is 0.520. The highest BCUT2D eigenvalue weighted by atomic mass is 35.5. The molecule has 0 radical (unpaired) electrons. The van der Waals surface area contributed by atoms with Gasteiger partial charge in [0, 0.05) is 12.1 Å². The summed E-state index contributed by atoms with van der Waals surface area (Å²) in [4.78, 5) is 0.0985. The van der Waals surface area contributed by atoms with E-state index in [1.54, 1.807) is 0 Å². The number of nitrogen functional groups attached to an aromatic ring is 1. The van der Waals surface area contributed by atoms with Crippen molar-refractivity contribution in [1.29, 1.82) is 0 Å². The minimum atomic E-state index is -3.65. The zero-order chi connectivity index (χ0) is 24.2. The van der Waals surface area contributed by atoms with Crippen LogP contribution in [0.25, 0.3) is 0 Å². The Balaban J connectivity index is 2.05. The summed E-state index contributed by atoms with van der Waals surface area (Å²) in [6.07, 6.45) is 2.58. The average molecular weight is 481 g/mol. The Morgan fingerprint density at radius 2 is 1.66 bits per heavy atom. The molecule has 0 amide bonds. The topological polar surface area (TPSA) is 81.4 Å². The summed E-state index contributed by atoms with van der Waals surface area (Å²) in [5.41, 5.74) is 8.53. The van der Waals surface area contributed by atoms with Gasteiger partial charge in [-0.25, -0.2) is 13.1 Å². The predicted molar refractivity (Wildman–Crippen MR) is 134 cm³/mol. The third-order valence-electron chi connectivity index (χ3n) is 6.41. The molecule has 7 heteroatoms. The Morgan fingerprint density at radius 1 is 1.00 bits per heavy atom. The number of hydrogen-bond donors (Lipinski definition) is 2. The lowest BCUT2D eigenvalue weighted by Crippen LogP contribution is -2.26. The predicted octanol–water partition coefficient (Wildman–Crippen LogP) is 6.04. The highest BCUT2D eigenvalue weighted by Gasteiger charge is 2.26. The second kappa shape index (κ2) is 10.4. The molecule has 2 rings (SSSR count). The van der Waals surface area contributed by atoms with Crippen LogP contribution in [0.4, 0.5) is 5.69 Å². The number of anilines is 1. The molecule has 0 atom stereocenters. The van der Waals surface area contributed by atoms with Crippen molar-refractivity contribution < 1.29 is 13.2 Å². The van der Waals surface area contributed by atoms with Crippen molar-refractivity contribution in [2.45, 2.75) is 76.5 Å². The van der Waals surface area contributed by atoms with Crippen LogP contribution in [0.3, 0.4) is 0 Å². The molecular formula is C25H37ClN2O3S. The highest BCUT2D eigenvalue weighted by Crippen LogP contribution is 2.38. The number of rotatable bonds is 11. The van der Waals surface area contributed by atoms with Crippen LogP contribution in [0.1, 0.15) is 71.9 Å². The lowest BCUT2D eigenvalue weighted by Gasteiger charge is -2.30. The first-order valence-corrected chi connectivity index (χ1v) is 13.0. The smallest absolute Gasteiger partial charge is 0.240 e. The van der Waals surface area contributed by atoms with Crippen LogP contribution >= 0.6 is 11.6 Å². The molecule has 0 aromatic heterocycles. The average Bonchev–Trinajstić information content (AvgIpc) is 2.75. The largest absolute Gasteiger partial charge is 0.493 e. The van der Waals surface area contributed by atoms with E-state index in [2.05, 4.69) is 64.5 Å². The van der Waals surface area contributed by atoms with Crippen molar-refractivity contribution in [1.82, 2.24) is 4.72 Å². The molecule has 5 nitrogen and oxygen atoms in total. The second-order valence-electron chi connectivity index (χ2n) is 9.47. The summed E-state index contributed by atoms with van der Waals surface area (Å²) in [6.45, 7) is 14.0. The van der Waals surface area contributed by atoms with Crippen molar-refractivity contribution >= 4 is 27.3 Å². The van der Waals surface area contributed by atoms with E-state index in [1.807, 2.05) is 0 Å². The van der Waals surface area contributed by atoms with Crippen LogP contribution in [0, 0.1) is 0 Å². The summed E-state index contributed by atoms with van der Waals surface area (Å²) in [6, 6.07) is 10.8. The van der Waals surface area contributed by atoms with E-state index in [1.165, 1.54) is 29.3 Å². The highest BCUT2D eigenvalue weighted by molar-refractivity contribution is 7.89. The minimum Gasteiger partial charge on any atom is -0.493 e. The maximum absolute atomic E-state index is 12.5. The fourth-order valence-electron chi connectivity index (χ4n) is 3.23. The molecule has 0 aliphatic carbocycles. The molecule has 0 unspecified atom stereocenters. The fourth-order valence-corrected chi connectivity index (χ4v) is 4.46. The van der Waals surface area contributed by atoms with Gasteiger partial charge in [-0.2, -0.15) is 0 Å². The summed E-state index contributed by atoms with van der Waals surface area (Å²) < 4.78 is 33.6. The molecule has 0 fully saturated rings. The number of nitrogens with two attached hydrogens (primary N) is 1. The van der Waals surface area contributed by atoms with Crippen molar-refractivity contribution in [3.63, 3.8) is 0 Å². The monoisotopic (exact) mass is 480 g/mol. The second-order valence-corrected chi connectivity index (χ2v) is 11.6. The van der Waals surface area contributed by atoms with E-state index in [-0.39, 0.29) is 28.0 Å². The Kier molecular flexibility index (Phi) is 8.65. The maximum Gasteiger partial charge on any atom is 0.240 e. The van der Waals surface area contributed by atoms with Crippen LogP contribution in [0.5, 0.6) is 5.75 Å². The molecule has 32 heavy (non-hydrogen) atoms. The number of hydrogen-bond acceptors (Lipinski definition) is 4. The van der Waals surface area contributed by atoms with Gasteiger partial charge in [0.2, 0.25) is 10.0 Å². The zero-order valence-corrected chi connectivity index (χ0v) is 21.7. The van der Waals surface area contributed by atoms with E-state index in [9.17, 15) is 8.42 Å². The summed E-state index contributed by atoms with van der Waals surface area (Å²) in [5, 5.41) is 0.330. The lowest BCUT2D eigenvalue weighted by molar-refractivity contribution is 0.300. The van der Waals surface area contributed by atoms with Crippen molar-refractivity contribution in [2.24, 2.45) is 0 Å². The van der Waals surface area contributed by atoms with Gasteiger partial charge in [-0.1, -0.05) is 65.3 Å². The van der Waals surface area contributed by atoms with E-state index in [0.29, 0.717) is 18.1 Å². The molecule has 0 heterocycles. The number of nitrogens with one attached hydrogen (secondary N) is 1. The SMILES string of the molecule is CCC(C)(C)c1ccc(OCCCNS(=O)(=O)c2ccc(Cl)c(N)c2)c(C(C)(C)CC)c1. The van der Waals surface area contributed by atoms with Crippen molar-refractivity contribution in [3.05, 3.63) is 52.5 Å². The van der Waals surface area contributed by atoms with E-state index in [4.69, 9.17) is 22.1 Å². The molecule has 0 saturated carbocycles. The van der Waals surface area contributed by atoms with Gasteiger partial charge >= 0.3 is 0 Å². The van der Waals surface area contributed by atoms with Gasteiger partial charge < -0.3 is 10.5 Å². The van der Waals surface area contributed by atoms with Crippen LogP contribution in [0.2, 0.25) is 5.02 Å². The molecular weight excluding hydrogens is 444 g/mol. The Morgan fingerprint density at radius 3 is 2.25 bits per heavy atom. The summed E-state index contributed by atoms with van der Waals surface area (Å²) in [5.74, 6) is 0.862. The molecule has 3 N–H and O–H groups in total. The quantitative estimate of drug-likeness (QED) is 0.303. The Labute approximate surface area is 198 Å². The number of benzene rings is 2. The van der Waals surface area contributed by atoms with E-state index in [0.717, 1.165) is 18.6 Å². The van der Waals surface area contributed by atoms with Gasteiger partial charge in [0.25, 0.3) is 0 Å². The van der Waals surface area contributed by atoms with E-state index < -0.39 is 10.0 Å². The Bertz CT molecular complexity index is 1030. The third-order valence-corrected chi connectivity index (χ3v) is 8.21. The van der Waals surface area contributed by atoms with Gasteiger partial charge in [-0.3, -0.25) is 0 Å². The maximum atomic E-state index is 12.5. The van der Waals surface area contributed by atoms with Crippen LogP contribution in [-0.4, -0.2) is 21.6 Å². The zero-order valence-electron chi connectivity index (χ0n) is 20.1. The molecule has 2 aromatic carbocycles. The summed E-state index contributed by atoms with van der Waals surface area (Å²) in [7, 11) is -3.65. The number of halogens is 1. The number of ether oxygens (including phenoxy) is 1. The first kappa shape index (κ1) is 26.5. The van der Waals surface area contributed by atoms with Crippen LogP contribution in [-0.2, 0) is 20.9 Å². The summed E-state index contributed by atoms with van der Waals surface area (Å²) >= 11 is 5.88. The third kappa shape index (κ3) is 6.40. The molecule has 0 aliphatic heterocycles. The minimum absolute atomic E-state index is 0.0226. The lowest BCUT2D eigenvalue weighted by atomic mass is 9.76. The van der Waals surface area contributed by atoms with E-state index >= 15 is 0 Å². The first-order valence-electron chi connectivity index (χ1n) is 11.2. The normalized spacial score (nSPS) is 12.7. The van der Waals surface area contributed by atoms with Gasteiger partial charge in [0.05, 0.1) is 22.2 Å². The molecule has 0 spiro atoms. The number of sulfonamides is 1. The molecule has 0 aliphatic rings. The van der Waals surface area contributed by atoms with Gasteiger partial charge in [-0.15, -0.1) is 0 Å². The first-order chi connectivity index (χ1) is 14.8. The Hall–Kier alpha value is -1.76. The van der Waals surface area contributed by atoms with Crippen LogP contribution in [0.15, 0.2) is 41.3 Å². The molecule has 0 bridgehead atoms. The van der Waals surface area contributed by atoms with Crippen molar-refractivity contribution in [3.8, 4) is 5.75 Å². The van der Waals surface area contributed by atoms with Crippen LogP contribution < -0.4 is 15.2 Å². The molecule has 0 saturated heterocycles. The van der Waals surface area contributed by atoms with Gasteiger partial charge in [-0.05, 0) is 59.9 Å². The standard InChI is InChI=1S/C25H37ClN2O3S/c1-7-24(3,4)18-10-13-23(20(16-18)25(5,6)8-2)31-15-9-14-28-32(29,30)19-11-12-21(26)22(27)17-19/h10-13,16-17,28H,7-9,14-15,27H2,1-6H3. The molecule has 2 aromatic rings. The van der Waals surface area contributed by atoms with Gasteiger partial charge in [0.15, 0.2) is 0 Å².